The Labute approximate surface area is 171 Å². The van der Waals surface area contributed by atoms with Crippen LogP contribution in [-0.2, 0) is 0 Å². The molecule has 152 valence electrons. The van der Waals surface area contributed by atoms with Gasteiger partial charge in [0.2, 0.25) is 0 Å². The summed E-state index contributed by atoms with van der Waals surface area (Å²) in [6.07, 6.45) is 1.93. The first-order chi connectivity index (χ1) is 14.0. The van der Waals surface area contributed by atoms with Crippen molar-refractivity contribution in [2.75, 3.05) is 27.3 Å². The number of hydrogen-bond donors (Lipinski definition) is 1. The van der Waals surface area contributed by atoms with Gasteiger partial charge in [-0.05, 0) is 62.6 Å². The number of piperidine rings is 1. The minimum absolute atomic E-state index is 0.0494. The zero-order valence-corrected chi connectivity index (χ0v) is 17.5. The van der Waals surface area contributed by atoms with Crippen LogP contribution in [0.4, 0.5) is 0 Å². The summed E-state index contributed by atoms with van der Waals surface area (Å²) in [5, 5.41) is 1.31. The van der Waals surface area contributed by atoms with Crippen molar-refractivity contribution < 1.29 is 14.3 Å². The molecule has 3 aromatic rings. The monoisotopic (exact) mass is 392 g/mol. The van der Waals surface area contributed by atoms with Crippen LogP contribution in [0, 0.1) is 13.8 Å². The Morgan fingerprint density at radius 2 is 1.72 bits per heavy atom. The van der Waals surface area contributed by atoms with Crippen LogP contribution in [-0.4, -0.2) is 43.1 Å². The van der Waals surface area contributed by atoms with Gasteiger partial charge in [0.05, 0.1) is 14.2 Å². The lowest BCUT2D eigenvalue weighted by atomic mass is 9.91. The summed E-state index contributed by atoms with van der Waals surface area (Å²) in [5.41, 5.74) is 5.78. The molecule has 0 unspecified atom stereocenters. The summed E-state index contributed by atoms with van der Waals surface area (Å²) in [6.45, 7) is 5.84. The molecule has 29 heavy (non-hydrogen) atoms. The smallest absolute Gasteiger partial charge is 0.253 e. The van der Waals surface area contributed by atoms with Crippen LogP contribution in [0.5, 0.6) is 11.5 Å². The van der Waals surface area contributed by atoms with E-state index < -0.39 is 0 Å². The quantitative estimate of drug-likeness (QED) is 0.692. The maximum atomic E-state index is 13.0. The third kappa shape index (κ3) is 3.57. The second kappa shape index (κ2) is 7.82. The average molecular weight is 392 g/mol. The van der Waals surface area contributed by atoms with E-state index in [1.54, 1.807) is 32.4 Å². The molecule has 1 aliphatic rings. The number of carbonyl (C=O) groups excluding carboxylic acids is 1. The number of H-pyrrole nitrogens is 1. The number of fused-ring (bicyclic) bond motifs is 1. The van der Waals surface area contributed by atoms with E-state index in [2.05, 4.69) is 37.0 Å². The highest BCUT2D eigenvalue weighted by molar-refractivity contribution is 5.95. The van der Waals surface area contributed by atoms with Gasteiger partial charge in [-0.2, -0.15) is 0 Å². The number of methoxy groups -OCH3 is 2. The molecule has 0 spiro atoms. The number of hydrogen-bond acceptors (Lipinski definition) is 3. The standard InChI is InChI=1S/C24H28N2O3/c1-15-5-7-20-19(13-15)16(2)23(25-20)17-9-11-26(12-10-17)24(27)18-6-8-21(28-3)22(14-18)29-4/h5-8,13-14,17,25H,9-12H2,1-4H3. The zero-order chi connectivity index (χ0) is 20.5. The molecule has 2 aromatic carbocycles. The Kier molecular flexibility index (Phi) is 5.22. The molecule has 1 aromatic heterocycles. The molecular formula is C24H28N2O3. The molecule has 0 aliphatic carbocycles. The number of ether oxygens (including phenoxy) is 2. The lowest BCUT2D eigenvalue weighted by Crippen LogP contribution is -2.38. The first-order valence-electron chi connectivity index (χ1n) is 10.1. The summed E-state index contributed by atoms with van der Waals surface area (Å²) in [7, 11) is 3.18. The predicted octanol–water partition coefficient (Wildman–Crippen LogP) is 4.82. The van der Waals surface area contributed by atoms with Crippen LogP contribution in [0.3, 0.4) is 0 Å². The normalized spacial score (nSPS) is 15.0. The predicted molar refractivity (Wildman–Crippen MR) is 115 cm³/mol. The highest BCUT2D eigenvalue weighted by Crippen LogP contribution is 2.34. The number of nitrogens with one attached hydrogen (secondary N) is 1. The van der Waals surface area contributed by atoms with Gasteiger partial charge >= 0.3 is 0 Å². The van der Waals surface area contributed by atoms with E-state index in [1.165, 1.54) is 27.7 Å². The first-order valence-corrected chi connectivity index (χ1v) is 10.1. The van der Waals surface area contributed by atoms with E-state index in [9.17, 15) is 4.79 Å². The fourth-order valence-electron chi connectivity index (χ4n) is 4.39. The lowest BCUT2D eigenvalue weighted by molar-refractivity contribution is 0.0711. The van der Waals surface area contributed by atoms with Gasteiger partial charge in [-0.25, -0.2) is 0 Å². The lowest BCUT2D eigenvalue weighted by Gasteiger charge is -2.32. The van der Waals surface area contributed by atoms with Gasteiger partial charge in [0.15, 0.2) is 11.5 Å². The molecule has 0 radical (unpaired) electrons. The Balaban J connectivity index is 1.48. The first kappa shape index (κ1) is 19.4. The molecule has 1 aliphatic heterocycles. The van der Waals surface area contributed by atoms with E-state index in [0.29, 0.717) is 23.0 Å². The van der Waals surface area contributed by atoms with Gasteiger partial charge in [-0.3, -0.25) is 4.79 Å². The van der Waals surface area contributed by atoms with Crippen LogP contribution >= 0.6 is 0 Å². The number of carbonyl (C=O) groups is 1. The molecule has 0 atom stereocenters. The van der Waals surface area contributed by atoms with Crippen LogP contribution in [0.1, 0.15) is 45.9 Å². The fourth-order valence-corrected chi connectivity index (χ4v) is 4.39. The number of nitrogens with zero attached hydrogens (tertiary/aromatic N) is 1. The van der Waals surface area contributed by atoms with Gasteiger partial charge in [-0.1, -0.05) is 11.6 Å². The molecule has 5 heteroatoms. The van der Waals surface area contributed by atoms with E-state index in [1.807, 2.05) is 4.90 Å². The average Bonchev–Trinajstić information content (AvgIpc) is 3.08. The highest BCUT2D eigenvalue weighted by atomic mass is 16.5. The van der Waals surface area contributed by atoms with E-state index >= 15 is 0 Å². The third-order valence-corrected chi connectivity index (χ3v) is 6.07. The second-order valence-corrected chi connectivity index (χ2v) is 7.85. The Morgan fingerprint density at radius 3 is 2.41 bits per heavy atom. The number of aromatic amines is 1. The van der Waals surface area contributed by atoms with E-state index in [-0.39, 0.29) is 5.91 Å². The zero-order valence-electron chi connectivity index (χ0n) is 17.5. The van der Waals surface area contributed by atoms with Crippen LogP contribution in [0.2, 0.25) is 0 Å². The van der Waals surface area contributed by atoms with Crippen molar-refractivity contribution in [1.29, 1.82) is 0 Å². The van der Waals surface area contributed by atoms with Crippen molar-refractivity contribution in [1.82, 2.24) is 9.88 Å². The maximum absolute atomic E-state index is 13.0. The summed E-state index contributed by atoms with van der Waals surface area (Å²) >= 11 is 0. The Morgan fingerprint density at radius 1 is 1.00 bits per heavy atom. The second-order valence-electron chi connectivity index (χ2n) is 7.85. The van der Waals surface area contributed by atoms with Gasteiger partial charge in [0, 0.05) is 41.2 Å². The molecule has 0 bridgehead atoms. The van der Waals surface area contributed by atoms with Crippen LogP contribution in [0.25, 0.3) is 10.9 Å². The summed E-state index contributed by atoms with van der Waals surface area (Å²) in [4.78, 5) is 18.6. The van der Waals surface area contributed by atoms with E-state index in [0.717, 1.165) is 25.9 Å². The van der Waals surface area contributed by atoms with Crippen molar-refractivity contribution in [2.45, 2.75) is 32.6 Å². The molecule has 1 N–H and O–H groups in total. The van der Waals surface area contributed by atoms with Crippen LogP contribution < -0.4 is 9.47 Å². The largest absolute Gasteiger partial charge is 0.493 e. The van der Waals surface area contributed by atoms with Crippen molar-refractivity contribution in [3.63, 3.8) is 0 Å². The molecule has 1 amide bonds. The summed E-state index contributed by atoms with van der Waals surface area (Å²) < 4.78 is 10.6. The number of amides is 1. The highest BCUT2D eigenvalue weighted by Gasteiger charge is 2.27. The van der Waals surface area contributed by atoms with Gasteiger partial charge in [0.1, 0.15) is 0 Å². The van der Waals surface area contributed by atoms with Crippen molar-refractivity contribution >= 4 is 16.8 Å². The summed E-state index contributed by atoms with van der Waals surface area (Å²) in [6, 6.07) is 11.9. The molecule has 5 nitrogen and oxygen atoms in total. The van der Waals surface area contributed by atoms with Gasteiger partial charge < -0.3 is 19.4 Å². The molecule has 1 fully saturated rings. The summed E-state index contributed by atoms with van der Waals surface area (Å²) in [5.74, 6) is 1.72. The fraction of sp³-hybridized carbons (Fsp3) is 0.375. The Hall–Kier alpha value is -2.95. The maximum Gasteiger partial charge on any atom is 0.253 e. The van der Waals surface area contributed by atoms with E-state index in [4.69, 9.17) is 9.47 Å². The molecule has 4 rings (SSSR count). The number of likely N-dealkylation sites (tertiary alicyclic amines) is 1. The SMILES string of the molecule is COc1ccc(C(=O)N2CCC(c3[nH]c4ccc(C)cc4c3C)CC2)cc1OC. The molecule has 2 heterocycles. The van der Waals surface area contributed by atoms with Crippen molar-refractivity contribution in [3.8, 4) is 11.5 Å². The Bertz CT molecular complexity index is 1050. The third-order valence-electron chi connectivity index (χ3n) is 6.07. The van der Waals surface area contributed by atoms with Gasteiger partial charge in [-0.15, -0.1) is 0 Å². The number of aromatic nitrogens is 1. The van der Waals surface area contributed by atoms with Crippen molar-refractivity contribution in [3.05, 3.63) is 58.8 Å². The minimum Gasteiger partial charge on any atom is -0.493 e. The van der Waals surface area contributed by atoms with Crippen molar-refractivity contribution in [2.24, 2.45) is 0 Å². The number of aryl methyl sites for hydroxylation is 2. The number of benzene rings is 2. The number of rotatable bonds is 4. The molecule has 0 saturated carbocycles. The van der Waals surface area contributed by atoms with Crippen LogP contribution in [0.15, 0.2) is 36.4 Å². The van der Waals surface area contributed by atoms with Gasteiger partial charge in [0.25, 0.3) is 5.91 Å². The molecule has 1 saturated heterocycles. The molecular weight excluding hydrogens is 364 g/mol. The topological polar surface area (TPSA) is 54.6 Å². The minimum atomic E-state index is 0.0494.